The molecule has 0 amide bonds. The molecule has 4 atom stereocenters. The highest BCUT2D eigenvalue weighted by atomic mass is 32.2. The molecule has 0 aliphatic heterocycles. The summed E-state index contributed by atoms with van der Waals surface area (Å²) in [5.74, 6) is -1.53. The van der Waals surface area contributed by atoms with E-state index in [-0.39, 0.29) is 37.3 Å². The summed E-state index contributed by atoms with van der Waals surface area (Å²) < 4.78 is 35.2. The molecule has 1 aromatic rings. The van der Waals surface area contributed by atoms with Crippen molar-refractivity contribution in [2.45, 2.75) is 140 Å². The summed E-state index contributed by atoms with van der Waals surface area (Å²) in [6.45, 7) is 7.24. The van der Waals surface area contributed by atoms with Gasteiger partial charge in [-0.2, -0.15) is 0 Å². The number of rotatable bonds is 25. The number of hydrogen-bond acceptors (Lipinski definition) is 9. The molecular weight excluding hydrogens is 599 g/mol. The zero-order valence-electron chi connectivity index (χ0n) is 27.7. The molecule has 4 unspecified atom stereocenters. The van der Waals surface area contributed by atoms with Gasteiger partial charge in [-0.1, -0.05) is 58.1 Å². The Kier molecular flexibility index (Phi) is 21.9. The molecule has 0 aromatic heterocycles. The van der Waals surface area contributed by atoms with Gasteiger partial charge in [0.25, 0.3) is 0 Å². The fourth-order valence-electron chi connectivity index (χ4n) is 4.50. The maximum absolute atomic E-state index is 13.1. The molecule has 1 aromatic carbocycles. The first-order chi connectivity index (χ1) is 21.6. The minimum atomic E-state index is -0.736. The molecule has 254 valence electrons. The molecular formula is C35H53FO8S. The van der Waals surface area contributed by atoms with Gasteiger partial charge in [0.1, 0.15) is 29.9 Å². The normalized spacial score (nSPS) is 14.0. The van der Waals surface area contributed by atoms with Crippen molar-refractivity contribution in [2.75, 3.05) is 12.9 Å². The third-order valence-electron chi connectivity index (χ3n) is 6.94. The van der Waals surface area contributed by atoms with Crippen LogP contribution in [0.4, 0.5) is 4.39 Å². The summed E-state index contributed by atoms with van der Waals surface area (Å²) in [6.07, 6.45) is 9.64. The minimum Gasteiger partial charge on any atom is -0.462 e. The van der Waals surface area contributed by atoms with Crippen molar-refractivity contribution in [1.82, 2.24) is 0 Å². The SMILES string of the molecule is CCCCCCC=CCC(CC(C)=O)OC(=O)CC(CCCC)OC(=O)CC(C)OC(=O)CC(CSc1ccc(F)cc1)OC. The predicted molar refractivity (Wildman–Crippen MR) is 174 cm³/mol. The van der Waals surface area contributed by atoms with Crippen LogP contribution in [0.25, 0.3) is 0 Å². The topological polar surface area (TPSA) is 105 Å². The van der Waals surface area contributed by atoms with Crippen LogP contribution in [0.2, 0.25) is 0 Å². The van der Waals surface area contributed by atoms with Gasteiger partial charge in [0.2, 0.25) is 0 Å². The van der Waals surface area contributed by atoms with Gasteiger partial charge in [-0.05, 0) is 57.4 Å². The summed E-state index contributed by atoms with van der Waals surface area (Å²) in [5.41, 5.74) is 0. The minimum absolute atomic E-state index is 0.00940. The number of esters is 3. The Hall–Kier alpha value is -2.72. The van der Waals surface area contributed by atoms with Crippen LogP contribution in [0, 0.1) is 5.82 Å². The highest BCUT2D eigenvalue weighted by Crippen LogP contribution is 2.21. The number of carbonyl (C=O) groups is 4. The van der Waals surface area contributed by atoms with Crippen LogP contribution < -0.4 is 0 Å². The number of ketones is 1. The lowest BCUT2D eigenvalue weighted by atomic mass is 10.1. The zero-order chi connectivity index (χ0) is 33.5. The third kappa shape index (κ3) is 20.8. The van der Waals surface area contributed by atoms with E-state index in [2.05, 4.69) is 13.0 Å². The number of carbonyl (C=O) groups excluding carboxylic acids is 4. The van der Waals surface area contributed by atoms with Gasteiger partial charge in [-0.3, -0.25) is 19.2 Å². The quantitative estimate of drug-likeness (QED) is 0.0342. The molecule has 10 heteroatoms. The Labute approximate surface area is 273 Å². The molecule has 0 aliphatic rings. The molecule has 0 spiro atoms. The molecule has 0 saturated carbocycles. The average Bonchev–Trinajstić information content (AvgIpc) is 2.97. The molecule has 0 aliphatic carbocycles. The van der Waals surface area contributed by atoms with Crippen molar-refractivity contribution in [3.8, 4) is 0 Å². The standard InChI is InChI=1S/C35H53FO8S/c1-6-8-10-11-12-13-14-16-29(21-26(3)37)43-35(40)23-30(15-9-7-2)44-33(38)22-27(4)42-34(39)24-31(41-5)25-45-32-19-17-28(36)18-20-32/h13-14,17-20,27,29-31H,6-12,15-16,21-25H2,1-5H3. The van der Waals surface area contributed by atoms with Crippen molar-refractivity contribution in [1.29, 1.82) is 0 Å². The fraction of sp³-hybridized carbons (Fsp3) is 0.657. The van der Waals surface area contributed by atoms with Crippen LogP contribution in [0.15, 0.2) is 41.3 Å². The molecule has 0 fully saturated rings. The van der Waals surface area contributed by atoms with Crippen molar-refractivity contribution >= 4 is 35.5 Å². The largest absolute Gasteiger partial charge is 0.462 e. The van der Waals surface area contributed by atoms with E-state index in [1.807, 2.05) is 13.0 Å². The molecule has 0 radical (unpaired) electrons. The summed E-state index contributed by atoms with van der Waals surface area (Å²) in [5, 5.41) is 0. The third-order valence-corrected chi connectivity index (χ3v) is 8.08. The molecule has 0 heterocycles. The number of methoxy groups -OCH3 is 1. The van der Waals surface area contributed by atoms with E-state index >= 15 is 0 Å². The first-order valence-corrected chi connectivity index (χ1v) is 17.2. The van der Waals surface area contributed by atoms with E-state index in [9.17, 15) is 23.6 Å². The van der Waals surface area contributed by atoms with Gasteiger partial charge in [-0.15, -0.1) is 11.8 Å². The van der Waals surface area contributed by atoms with Crippen LogP contribution in [-0.2, 0) is 38.1 Å². The first-order valence-electron chi connectivity index (χ1n) is 16.2. The van der Waals surface area contributed by atoms with Gasteiger partial charge in [0.05, 0.1) is 25.4 Å². The van der Waals surface area contributed by atoms with E-state index in [1.165, 1.54) is 57.2 Å². The van der Waals surface area contributed by atoms with Crippen LogP contribution >= 0.6 is 11.8 Å². The van der Waals surface area contributed by atoms with E-state index in [1.54, 1.807) is 19.1 Å². The second-order valence-corrected chi connectivity index (χ2v) is 12.5. The van der Waals surface area contributed by atoms with Crippen molar-refractivity contribution in [3.05, 3.63) is 42.2 Å². The number of allylic oxidation sites excluding steroid dienone is 1. The smallest absolute Gasteiger partial charge is 0.309 e. The molecule has 45 heavy (non-hydrogen) atoms. The predicted octanol–water partition coefficient (Wildman–Crippen LogP) is 7.94. The highest BCUT2D eigenvalue weighted by Gasteiger charge is 2.24. The van der Waals surface area contributed by atoms with Crippen molar-refractivity contribution < 1.29 is 42.5 Å². The molecule has 0 bridgehead atoms. The monoisotopic (exact) mass is 652 g/mol. The van der Waals surface area contributed by atoms with Crippen molar-refractivity contribution in [2.24, 2.45) is 0 Å². The molecule has 0 saturated heterocycles. The summed E-state index contributed by atoms with van der Waals surface area (Å²) >= 11 is 1.43. The number of halogens is 1. The summed E-state index contributed by atoms with van der Waals surface area (Å²) in [4.78, 5) is 50.6. The lowest BCUT2D eigenvalue weighted by Crippen LogP contribution is -2.29. The average molecular weight is 653 g/mol. The van der Waals surface area contributed by atoms with Gasteiger partial charge in [0.15, 0.2) is 0 Å². The summed E-state index contributed by atoms with van der Waals surface area (Å²) in [6, 6.07) is 6.06. The molecule has 8 nitrogen and oxygen atoms in total. The number of hydrogen-bond donors (Lipinski definition) is 0. The van der Waals surface area contributed by atoms with Gasteiger partial charge >= 0.3 is 17.9 Å². The van der Waals surface area contributed by atoms with Gasteiger partial charge in [0, 0.05) is 30.6 Å². The Morgan fingerprint density at radius 2 is 1.40 bits per heavy atom. The number of benzene rings is 1. The maximum atomic E-state index is 13.1. The second-order valence-electron chi connectivity index (χ2n) is 11.4. The Morgan fingerprint density at radius 1 is 0.778 bits per heavy atom. The number of ether oxygens (including phenoxy) is 4. The van der Waals surface area contributed by atoms with Crippen LogP contribution in [-0.4, -0.2) is 61.0 Å². The lowest BCUT2D eigenvalue weighted by Gasteiger charge is -2.21. The van der Waals surface area contributed by atoms with E-state index in [4.69, 9.17) is 18.9 Å². The first kappa shape index (κ1) is 40.3. The van der Waals surface area contributed by atoms with Crippen LogP contribution in [0.1, 0.15) is 111 Å². The Bertz CT molecular complexity index is 1030. The van der Waals surface area contributed by atoms with E-state index < -0.39 is 42.3 Å². The van der Waals surface area contributed by atoms with E-state index in [0.717, 1.165) is 30.6 Å². The van der Waals surface area contributed by atoms with Gasteiger partial charge < -0.3 is 18.9 Å². The molecule has 1 rings (SSSR count). The molecule has 0 N–H and O–H groups in total. The fourth-order valence-corrected chi connectivity index (χ4v) is 5.46. The van der Waals surface area contributed by atoms with E-state index in [0.29, 0.717) is 18.6 Å². The maximum Gasteiger partial charge on any atom is 0.309 e. The number of unbranched alkanes of at least 4 members (excludes halogenated alkanes) is 5. The van der Waals surface area contributed by atoms with Crippen LogP contribution in [0.3, 0.4) is 0 Å². The Balaban J connectivity index is 2.57. The summed E-state index contributed by atoms with van der Waals surface area (Å²) in [7, 11) is 1.50. The number of Topliss-reactive ketones (excluding diaryl/α,β-unsaturated/α-hetero) is 1. The Morgan fingerprint density at radius 3 is 2.04 bits per heavy atom. The van der Waals surface area contributed by atoms with Gasteiger partial charge in [-0.25, -0.2) is 4.39 Å². The van der Waals surface area contributed by atoms with Crippen LogP contribution in [0.5, 0.6) is 0 Å². The number of thioether (sulfide) groups is 1. The second kappa shape index (κ2) is 24.5. The zero-order valence-corrected chi connectivity index (χ0v) is 28.5. The highest BCUT2D eigenvalue weighted by molar-refractivity contribution is 7.99. The van der Waals surface area contributed by atoms with Crippen molar-refractivity contribution in [3.63, 3.8) is 0 Å². The lowest BCUT2D eigenvalue weighted by molar-refractivity contribution is -0.161.